The highest BCUT2D eigenvalue weighted by molar-refractivity contribution is 5.36. The minimum Gasteiger partial charge on any atom is -0.393 e. The number of hydrogen-bond acceptors (Lipinski definition) is 2. The fraction of sp³-hybridized carbons (Fsp3) is 0.200. The molecule has 0 saturated carbocycles. The first-order chi connectivity index (χ1) is 15.6. The van der Waals surface area contributed by atoms with Crippen LogP contribution in [0.5, 0.6) is 0 Å². The van der Waals surface area contributed by atoms with E-state index in [4.69, 9.17) is 0 Å². The van der Waals surface area contributed by atoms with Gasteiger partial charge in [-0.15, -0.1) is 0 Å². The number of aryl methyl sites for hydroxylation is 1. The maximum Gasteiger partial charge on any atom is 0.0598 e. The third kappa shape index (κ3) is 5.16. The molecule has 0 saturated heterocycles. The number of benzene rings is 4. The Hall–Kier alpha value is -3.20. The molecule has 0 radical (unpaired) electrons. The van der Waals surface area contributed by atoms with Crippen molar-refractivity contribution >= 4 is 0 Å². The molecule has 2 N–H and O–H groups in total. The summed E-state index contributed by atoms with van der Waals surface area (Å²) in [6.07, 6.45) is -0.526. The largest absolute Gasteiger partial charge is 0.393 e. The molecule has 0 aliphatic rings. The van der Waals surface area contributed by atoms with Gasteiger partial charge in [0.15, 0.2) is 0 Å². The van der Waals surface area contributed by atoms with Gasteiger partial charge >= 0.3 is 0 Å². The van der Waals surface area contributed by atoms with Crippen LogP contribution < -0.4 is 5.32 Å². The molecule has 0 spiro atoms. The van der Waals surface area contributed by atoms with Crippen LogP contribution in [0.2, 0.25) is 0 Å². The molecular formula is C30H31NO. The molecule has 2 nitrogen and oxygen atoms in total. The lowest BCUT2D eigenvalue weighted by atomic mass is 9.82. The second-order valence-corrected chi connectivity index (χ2v) is 8.49. The van der Waals surface area contributed by atoms with Crippen molar-refractivity contribution in [2.75, 3.05) is 0 Å². The molecule has 0 aliphatic heterocycles. The zero-order valence-corrected chi connectivity index (χ0v) is 18.7. The predicted octanol–water partition coefficient (Wildman–Crippen LogP) is 6.58. The number of aliphatic hydroxyl groups excluding tert-OH is 1. The molecule has 32 heavy (non-hydrogen) atoms. The zero-order valence-electron chi connectivity index (χ0n) is 18.7. The van der Waals surface area contributed by atoms with E-state index in [9.17, 15) is 5.11 Å². The van der Waals surface area contributed by atoms with Gasteiger partial charge in [-0.05, 0) is 36.1 Å². The molecule has 2 heteroatoms. The molecule has 0 heterocycles. The maximum absolute atomic E-state index is 11.0. The van der Waals surface area contributed by atoms with E-state index < -0.39 is 6.10 Å². The van der Waals surface area contributed by atoms with Gasteiger partial charge in [0, 0.05) is 12.0 Å². The average Bonchev–Trinajstić information content (AvgIpc) is 2.83. The molecule has 162 valence electrons. The van der Waals surface area contributed by atoms with E-state index in [1.54, 1.807) is 0 Å². The van der Waals surface area contributed by atoms with Crippen molar-refractivity contribution in [2.24, 2.45) is 0 Å². The zero-order chi connectivity index (χ0) is 22.3. The summed E-state index contributed by atoms with van der Waals surface area (Å²) in [5.74, 6) is -0.104. The van der Waals surface area contributed by atoms with Crippen molar-refractivity contribution in [3.8, 4) is 0 Å². The van der Waals surface area contributed by atoms with Crippen LogP contribution in [0.3, 0.4) is 0 Å². The van der Waals surface area contributed by atoms with Crippen LogP contribution in [0, 0.1) is 6.92 Å². The molecule has 0 bridgehead atoms. The lowest BCUT2D eigenvalue weighted by Crippen LogP contribution is -2.35. The standard InChI is InChI=1S/C30H31NO/c1-22-13-12-20-27(21-22)28(23(2)32)30(26-18-10-5-11-19-26)31-29(24-14-6-3-7-15-24)25-16-8-4-9-17-25/h3-21,23,28-32H,1-2H3/t23-,28-,30+/m0/s1. The molecule has 4 rings (SSSR count). The third-order valence-electron chi connectivity index (χ3n) is 6.08. The first kappa shape index (κ1) is 22.0. The van der Waals surface area contributed by atoms with Gasteiger partial charge in [-0.2, -0.15) is 0 Å². The first-order valence-electron chi connectivity index (χ1n) is 11.3. The molecule has 3 atom stereocenters. The molecule has 0 fully saturated rings. The van der Waals surface area contributed by atoms with E-state index >= 15 is 0 Å². The van der Waals surface area contributed by atoms with Crippen molar-refractivity contribution in [3.05, 3.63) is 143 Å². The second kappa shape index (κ2) is 10.4. The van der Waals surface area contributed by atoms with Crippen LogP contribution in [0.1, 0.15) is 52.7 Å². The topological polar surface area (TPSA) is 32.3 Å². The summed E-state index contributed by atoms with van der Waals surface area (Å²) in [4.78, 5) is 0. The fourth-order valence-electron chi connectivity index (χ4n) is 4.55. The van der Waals surface area contributed by atoms with E-state index in [2.05, 4.69) is 109 Å². The SMILES string of the molecule is Cc1cccc([C@H]([C@H](C)O)[C@H](NC(c2ccccc2)c2ccccc2)c2ccccc2)c1. The van der Waals surface area contributed by atoms with Gasteiger partial charge in [-0.1, -0.05) is 121 Å². The van der Waals surface area contributed by atoms with Crippen molar-refractivity contribution in [2.45, 2.75) is 38.0 Å². The van der Waals surface area contributed by atoms with Gasteiger partial charge in [0.2, 0.25) is 0 Å². The summed E-state index contributed by atoms with van der Waals surface area (Å²) < 4.78 is 0. The monoisotopic (exact) mass is 421 g/mol. The minimum absolute atomic E-state index is 0.00587. The number of rotatable bonds is 8. The van der Waals surface area contributed by atoms with E-state index in [0.29, 0.717) is 0 Å². The van der Waals surface area contributed by atoms with E-state index in [-0.39, 0.29) is 18.0 Å². The lowest BCUT2D eigenvalue weighted by molar-refractivity contribution is 0.138. The first-order valence-corrected chi connectivity index (χ1v) is 11.3. The van der Waals surface area contributed by atoms with E-state index in [1.807, 2.05) is 25.1 Å². The van der Waals surface area contributed by atoms with Gasteiger partial charge < -0.3 is 5.11 Å². The number of nitrogens with one attached hydrogen (secondary N) is 1. The Kier molecular flexibility index (Phi) is 7.16. The van der Waals surface area contributed by atoms with Crippen molar-refractivity contribution in [1.82, 2.24) is 5.32 Å². The van der Waals surface area contributed by atoms with Crippen LogP contribution >= 0.6 is 0 Å². The van der Waals surface area contributed by atoms with Gasteiger partial charge in [-0.25, -0.2) is 0 Å². The second-order valence-electron chi connectivity index (χ2n) is 8.49. The van der Waals surface area contributed by atoms with Crippen molar-refractivity contribution in [1.29, 1.82) is 0 Å². The molecule has 0 aromatic heterocycles. The Morgan fingerprint density at radius 2 is 1.06 bits per heavy atom. The van der Waals surface area contributed by atoms with Crippen LogP contribution in [0.4, 0.5) is 0 Å². The molecule has 0 amide bonds. The van der Waals surface area contributed by atoms with Crippen LogP contribution in [0.15, 0.2) is 115 Å². The Labute approximate surface area is 191 Å². The van der Waals surface area contributed by atoms with E-state index in [0.717, 1.165) is 11.1 Å². The quantitative estimate of drug-likeness (QED) is 0.337. The maximum atomic E-state index is 11.0. The number of hydrogen-bond donors (Lipinski definition) is 2. The summed E-state index contributed by atoms with van der Waals surface area (Å²) in [5.41, 5.74) is 5.90. The summed E-state index contributed by atoms with van der Waals surface area (Å²) in [6.45, 7) is 3.99. The van der Waals surface area contributed by atoms with Gasteiger partial charge in [-0.3, -0.25) is 5.32 Å². The third-order valence-corrected chi connectivity index (χ3v) is 6.08. The smallest absolute Gasteiger partial charge is 0.0598 e. The van der Waals surface area contributed by atoms with E-state index in [1.165, 1.54) is 16.7 Å². The Morgan fingerprint density at radius 1 is 0.594 bits per heavy atom. The summed E-state index contributed by atoms with van der Waals surface area (Å²) >= 11 is 0. The minimum atomic E-state index is -0.526. The van der Waals surface area contributed by atoms with Gasteiger partial charge in [0.05, 0.1) is 12.1 Å². The van der Waals surface area contributed by atoms with Crippen LogP contribution in [-0.4, -0.2) is 11.2 Å². The van der Waals surface area contributed by atoms with Crippen molar-refractivity contribution < 1.29 is 5.11 Å². The van der Waals surface area contributed by atoms with Gasteiger partial charge in [0.1, 0.15) is 0 Å². The van der Waals surface area contributed by atoms with Crippen LogP contribution in [0.25, 0.3) is 0 Å². The highest BCUT2D eigenvalue weighted by Gasteiger charge is 2.31. The Bertz CT molecular complexity index is 1050. The molecule has 4 aromatic carbocycles. The number of aliphatic hydroxyl groups is 1. The Balaban J connectivity index is 1.82. The lowest BCUT2D eigenvalue weighted by Gasteiger charge is -2.35. The van der Waals surface area contributed by atoms with Crippen LogP contribution in [-0.2, 0) is 0 Å². The van der Waals surface area contributed by atoms with Crippen molar-refractivity contribution in [3.63, 3.8) is 0 Å². The molecular weight excluding hydrogens is 390 g/mol. The predicted molar refractivity (Wildman–Crippen MR) is 133 cm³/mol. The molecule has 0 aliphatic carbocycles. The summed E-state index contributed by atoms with van der Waals surface area (Å²) in [7, 11) is 0. The fourth-order valence-corrected chi connectivity index (χ4v) is 4.55. The summed E-state index contributed by atoms with van der Waals surface area (Å²) in [6, 6.07) is 40.0. The van der Waals surface area contributed by atoms with Gasteiger partial charge in [0.25, 0.3) is 0 Å². The molecule has 4 aromatic rings. The Morgan fingerprint density at radius 3 is 1.53 bits per heavy atom. The highest BCUT2D eigenvalue weighted by Crippen LogP contribution is 2.37. The average molecular weight is 422 g/mol. The highest BCUT2D eigenvalue weighted by atomic mass is 16.3. The summed E-state index contributed by atoms with van der Waals surface area (Å²) in [5, 5.41) is 14.9. The molecule has 0 unspecified atom stereocenters. The normalized spacial score (nSPS) is 14.1.